The molecule has 0 amide bonds. The maximum Gasteiger partial charge on any atom is 0.179 e. The molecule has 42 heavy (non-hydrogen) atoms. The summed E-state index contributed by atoms with van der Waals surface area (Å²) in [6, 6.07) is 32.0. The van der Waals surface area contributed by atoms with Gasteiger partial charge in [-0.2, -0.15) is 0 Å². The van der Waals surface area contributed by atoms with Gasteiger partial charge in [-0.15, -0.1) is 0 Å². The fourth-order valence-electron chi connectivity index (χ4n) is 5.74. The van der Waals surface area contributed by atoms with Gasteiger partial charge in [0.2, 0.25) is 0 Å². The van der Waals surface area contributed by atoms with Crippen LogP contribution in [-0.4, -0.2) is 38.4 Å². The van der Waals surface area contributed by atoms with E-state index in [1.807, 2.05) is 48.5 Å². The van der Waals surface area contributed by atoms with E-state index in [9.17, 15) is 10.2 Å². The number of aliphatic hydroxyl groups excluding tert-OH is 2. The first-order chi connectivity index (χ1) is 20.7. The second-order valence-corrected chi connectivity index (χ2v) is 11.5. The van der Waals surface area contributed by atoms with E-state index in [1.165, 1.54) is 12.8 Å². The smallest absolute Gasteiger partial charge is 0.179 e. The molecule has 7 rings (SSSR count). The van der Waals surface area contributed by atoms with Crippen LogP contribution in [0, 0.1) is 5.92 Å². The van der Waals surface area contributed by atoms with Gasteiger partial charge in [-0.3, -0.25) is 4.98 Å². The molecular formula is C36H33N3O3. The number of hydrogen-bond acceptors (Lipinski definition) is 6. The molecule has 0 bridgehead atoms. The Morgan fingerprint density at radius 1 is 0.762 bits per heavy atom. The summed E-state index contributed by atoms with van der Waals surface area (Å²) in [4.78, 5) is 14.6. The molecule has 2 aliphatic rings. The van der Waals surface area contributed by atoms with Crippen LogP contribution in [0.2, 0.25) is 0 Å². The molecule has 2 aromatic heterocycles. The number of ether oxygens (including phenoxy) is 1. The monoisotopic (exact) mass is 555 g/mol. The standard InChI is InChI=1S/C36H33N3O3/c40-22-30(24-9-10-24)25-11-13-26(14-12-25)32-34(42-29-6-2-1-3-7-29)33(39-35(38-32)31-8-4-5-21-37-31)27-15-17-28(18-16-27)36(23-41)19-20-36/h1-8,11-18,21,24,30,40-41H,9-10,19-20,22-23H2. The Labute approximate surface area is 245 Å². The predicted molar refractivity (Wildman–Crippen MR) is 163 cm³/mol. The van der Waals surface area contributed by atoms with Crippen molar-refractivity contribution in [2.24, 2.45) is 5.92 Å². The molecule has 2 aliphatic carbocycles. The summed E-state index contributed by atoms with van der Waals surface area (Å²) in [5.41, 5.74) is 5.96. The third-order valence-electron chi connectivity index (χ3n) is 8.65. The van der Waals surface area contributed by atoms with E-state index in [-0.39, 0.29) is 24.5 Å². The van der Waals surface area contributed by atoms with Crippen LogP contribution in [0.5, 0.6) is 11.5 Å². The zero-order valence-electron chi connectivity index (χ0n) is 23.4. The van der Waals surface area contributed by atoms with Gasteiger partial charge in [-0.25, -0.2) is 9.97 Å². The molecule has 210 valence electrons. The highest BCUT2D eigenvalue weighted by molar-refractivity contribution is 5.80. The Bertz CT molecular complexity index is 1670. The number of hydrogen-bond donors (Lipinski definition) is 2. The molecule has 0 radical (unpaired) electrons. The van der Waals surface area contributed by atoms with E-state index in [0.717, 1.165) is 35.1 Å². The molecule has 6 nitrogen and oxygen atoms in total. The number of rotatable bonds is 10. The maximum absolute atomic E-state index is 10.0. The Morgan fingerprint density at radius 2 is 1.40 bits per heavy atom. The summed E-state index contributed by atoms with van der Waals surface area (Å²) in [6.45, 7) is 0.311. The van der Waals surface area contributed by atoms with Crippen molar-refractivity contribution in [1.82, 2.24) is 15.0 Å². The summed E-state index contributed by atoms with van der Waals surface area (Å²) in [5, 5.41) is 20.0. The average molecular weight is 556 g/mol. The normalized spacial score (nSPS) is 16.1. The van der Waals surface area contributed by atoms with Crippen LogP contribution in [0.1, 0.15) is 42.7 Å². The average Bonchev–Trinajstić information content (AvgIpc) is 3.99. The topological polar surface area (TPSA) is 88.4 Å². The summed E-state index contributed by atoms with van der Waals surface area (Å²) in [7, 11) is 0. The van der Waals surface area contributed by atoms with Crippen molar-refractivity contribution in [3.05, 3.63) is 114 Å². The fraction of sp³-hybridized carbons (Fsp3) is 0.250. The molecule has 2 fully saturated rings. The lowest BCUT2D eigenvalue weighted by atomic mass is 9.93. The quantitative estimate of drug-likeness (QED) is 0.190. The third-order valence-corrected chi connectivity index (χ3v) is 8.65. The van der Waals surface area contributed by atoms with Gasteiger partial charge in [0.15, 0.2) is 11.6 Å². The molecular weight excluding hydrogens is 522 g/mol. The van der Waals surface area contributed by atoms with Gasteiger partial charge < -0.3 is 14.9 Å². The summed E-state index contributed by atoms with van der Waals surface area (Å²) in [5.74, 6) is 2.48. The number of para-hydroxylation sites is 1. The number of aliphatic hydroxyl groups is 2. The molecule has 5 aromatic rings. The minimum atomic E-state index is -0.119. The van der Waals surface area contributed by atoms with Crippen molar-refractivity contribution >= 4 is 0 Å². The first-order valence-corrected chi connectivity index (χ1v) is 14.7. The molecule has 2 saturated carbocycles. The second kappa shape index (κ2) is 11.1. The van der Waals surface area contributed by atoms with Crippen molar-refractivity contribution in [3.8, 4) is 45.5 Å². The molecule has 2 N–H and O–H groups in total. The van der Waals surface area contributed by atoms with Crippen molar-refractivity contribution < 1.29 is 14.9 Å². The summed E-state index contributed by atoms with van der Waals surface area (Å²) in [6.07, 6.45) is 6.08. The Balaban J connectivity index is 1.39. The number of benzene rings is 3. The van der Waals surface area contributed by atoms with Crippen LogP contribution in [0.15, 0.2) is 103 Å². The molecule has 0 saturated heterocycles. The minimum Gasteiger partial charge on any atom is -0.453 e. The van der Waals surface area contributed by atoms with Crippen LogP contribution in [0.25, 0.3) is 34.0 Å². The third kappa shape index (κ3) is 5.20. The molecule has 1 atom stereocenters. The Hall–Kier alpha value is -4.39. The van der Waals surface area contributed by atoms with Crippen molar-refractivity contribution in [2.45, 2.75) is 37.0 Å². The van der Waals surface area contributed by atoms with Crippen LogP contribution in [0.4, 0.5) is 0 Å². The highest BCUT2D eigenvalue weighted by atomic mass is 16.5. The fourth-order valence-corrected chi connectivity index (χ4v) is 5.74. The molecule has 1 unspecified atom stereocenters. The van der Waals surface area contributed by atoms with E-state index < -0.39 is 0 Å². The van der Waals surface area contributed by atoms with E-state index in [1.54, 1.807) is 6.20 Å². The van der Waals surface area contributed by atoms with Gasteiger partial charge in [0.05, 0.1) is 13.2 Å². The molecule has 0 aliphatic heterocycles. The van der Waals surface area contributed by atoms with Gasteiger partial charge >= 0.3 is 0 Å². The first-order valence-electron chi connectivity index (χ1n) is 14.7. The summed E-state index contributed by atoms with van der Waals surface area (Å²) < 4.78 is 6.59. The maximum atomic E-state index is 10.0. The van der Waals surface area contributed by atoms with E-state index >= 15 is 0 Å². The highest BCUT2D eigenvalue weighted by Gasteiger charge is 2.43. The van der Waals surface area contributed by atoms with E-state index in [4.69, 9.17) is 14.7 Å². The lowest BCUT2D eigenvalue weighted by Gasteiger charge is -2.18. The predicted octanol–water partition coefficient (Wildman–Crippen LogP) is 7.17. The van der Waals surface area contributed by atoms with E-state index in [2.05, 4.69) is 53.5 Å². The lowest BCUT2D eigenvalue weighted by molar-refractivity contribution is 0.253. The van der Waals surface area contributed by atoms with Gasteiger partial charge in [0, 0.05) is 28.7 Å². The number of nitrogens with zero attached hydrogens (tertiary/aromatic N) is 3. The number of pyridine rings is 1. The number of aromatic nitrogens is 3. The van der Waals surface area contributed by atoms with Crippen molar-refractivity contribution in [1.29, 1.82) is 0 Å². The van der Waals surface area contributed by atoms with Crippen LogP contribution < -0.4 is 4.74 Å². The van der Waals surface area contributed by atoms with Crippen molar-refractivity contribution in [3.63, 3.8) is 0 Å². The zero-order chi connectivity index (χ0) is 28.5. The van der Waals surface area contributed by atoms with Crippen molar-refractivity contribution in [2.75, 3.05) is 13.2 Å². The Morgan fingerprint density at radius 3 is 1.95 bits per heavy atom. The minimum absolute atomic E-state index is 0.119. The van der Waals surface area contributed by atoms with E-state index in [0.29, 0.717) is 40.3 Å². The first kappa shape index (κ1) is 26.5. The molecule has 6 heteroatoms. The largest absolute Gasteiger partial charge is 0.453 e. The van der Waals surface area contributed by atoms with Gasteiger partial charge in [0.25, 0.3) is 0 Å². The summed E-state index contributed by atoms with van der Waals surface area (Å²) >= 11 is 0. The van der Waals surface area contributed by atoms with Crippen LogP contribution >= 0.6 is 0 Å². The van der Waals surface area contributed by atoms with Crippen LogP contribution in [-0.2, 0) is 5.41 Å². The SMILES string of the molecule is OCC(c1ccc(-c2nc(-c3ccccn3)nc(-c3ccc(C4(CO)CC4)cc3)c2Oc2ccccc2)cc1)C1CC1. The molecule has 0 spiro atoms. The van der Waals surface area contributed by atoms with Gasteiger partial charge in [-0.1, -0.05) is 72.8 Å². The lowest BCUT2D eigenvalue weighted by Crippen LogP contribution is -2.11. The molecule has 2 heterocycles. The zero-order valence-corrected chi connectivity index (χ0v) is 23.4. The molecule has 3 aromatic carbocycles. The van der Waals surface area contributed by atoms with Gasteiger partial charge in [0.1, 0.15) is 22.8 Å². The van der Waals surface area contributed by atoms with Crippen LogP contribution in [0.3, 0.4) is 0 Å². The Kier molecular flexibility index (Phi) is 7.02. The second-order valence-electron chi connectivity index (χ2n) is 11.5. The highest BCUT2D eigenvalue weighted by Crippen LogP contribution is 2.49. The van der Waals surface area contributed by atoms with Gasteiger partial charge in [-0.05, 0) is 67.0 Å².